The highest BCUT2D eigenvalue weighted by atomic mass is 31.2. The molecule has 0 bridgehead atoms. The average molecular weight is 309 g/mol. The molecule has 118 valence electrons. The summed E-state index contributed by atoms with van der Waals surface area (Å²) >= 11 is 0. The topological polar surface area (TPSA) is 29.5 Å². The van der Waals surface area contributed by atoms with Gasteiger partial charge >= 0.3 is 0 Å². The van der Waals surface area contributed by atoms with Gasteiger partial charge in [0.25, 0.3) is 0 Å². The van der Waals surface area contributed by atoms with Gasteiger partial charge in [-0.1, -0.05) is 38.1 Å². The maximum atomic E-state index is 12.1. The van der Waals surface area contributed by atoms with Gasteiger partial charge in [-0.15, -0.1) is 0 Å². The van der Waals surface area contributed by atoms with E-state index in [0.717, 1.165) is 19.4 Å². The fraction of sp³-hybridized carbons (Fsp3) is 0.647. The van der Waals surface area contributed by atoms with Crippen LogP contribution in [0.2, 0.25) is 0 Å². The van der Waals surface area contributed by atoms with Crippen LogP contribution in [0.4, 0.5) is 0 Å². The second-order valence-electron chi connectivity index (χ2n) is 6.91. The van der Waals surface area contributed by atoms with Crippen LogP contribution >= 0.6 is 7.37 Å². The van der Waals surface area contributed by atoms with E-state index in [1.807, 2.05) is 0 Å². The van der Waals surface area contributed by atoms with Gasteiger partial charge in [-0.2, -0.15) is 0 Å². The number of hydrogen-bond donors (Lipinski definition) is 0. The second-order valence-corrected chi connectivity index (χ2v) is 9.63. The number of hydrogen-bond acceptors (Lipinski definition) is 3. The van der Waals surface area contributed by atoms with Gasteiger partial charge in [-0.3, -0.25) is 9.46 Å². The number of fused-ring (bicyclic) bond motifs is 1. The minimum absolute atomic E-state index is 0.0180. The Hall–Kier alpha value is -0.630. The van der Waals surface area contributed by atoms with Gasteiger partial charge < -0.3 is 4.52 Å². The molecular weight excluding hydrogens is 281 g/mol. The average Bonchev–Trinajstić information content (AvgIpc) is 2.35. The van der Waals surface area contributed by atoms with E-state index < -0.39 is 7.37 Å². The third kappa shape index (κ3) is 4.42. The fourth-order valence-electron chi connectivity index (χ4n) is 3.35. The monoisotopic (exact) mass is 309 g/mol. The van der Waals surface area contributed by atoms with Crippen LogP contribution in [0.25, 0.3) is 0 Å². The van der Waals surface area contributed by atoms with E-state index in [1.54, 1.807) is 13.3 Å². The van der Waals surface area contributed by atoms with Crippen molar-refractivity contribution in [1.29, 1.82) is 0 Å². The molecule has 0 aliphatic heterocycles. The molecule has 1 aromatic carbocycles. The van der Waals surface area contributed by atoms with Gasteiger partial charge in [0.05, 0.1) is 12.1 Å². The van der Waals surface area contributed by atoms with Crippen molar-refractivity contribution in [3.8, 4) is 0 Å². The minimum atomic E-state index is -2.48. The molecule has 4 heteroatoms. The van der Waals surface area contributed by atoms with Crippen LogP contribution < -0.4 is 0 Å². The predicted octanol–water partition coefficient (Wildman–Crippen LogP) is 4.18. The molecule has 0 aromatic heterocycles. The lowest BCUT2D eigenvalue weighted by molar-refractivity contribution is 0.0652. The molecule has 3 nitrogen and oxygen atoms in total. The van der Waals surface area contributed by atoms with Crippen molar-refractivity contribution >= 4 is 7.37 Å². The van der Waals surface area contributed by atoms with E-state index in [0.29, 0.717) is 5.92 Å². The smallest absolute Gasteiger partial charge is 0.197 e. The van der Waals surface area contributed by atoms with Crippen LogP contribution in [-0.4, -0.2) is 37.9 Å². The number of likely N-dealkylation sites (N-methyl/N-ethyl adjacent to an activating group) is 1. The Bertz CT molecular complexity index is 523. The van der Waals surface area contributed by atoms with Gasteiger partial charge in [0, 0.05) is 19.9 Å². The van der Waals surface area contributed by atoms with Crippen molar-refractivity contribution in [2.75, 3.05) is 26.9 Å². The zero-order valence-corrected chi connectivity index (χ0v) is 14.8. The Labute approximate surface area is 129 Å². The molecular formula is C17H28NO2P. The van der Waals surface area contributed by atoms with Crippen molar-refractivity contribution in [2.24, 2.45) is 5.92 Å². The first-order valence-corrected chi connectivity index (χ1v) is 10.3. The van der Waals surface area contributed by atoms with Crippen molar-refractivity contribution in [1.82, 2.24) is 4.90 Å². The van der Waals surface area contributed by atoms with E-state index in [-0.39, 0.29) is 12.1 Å². The van der Waals surface area contributed by atoms with Crippen LogP contribution in [0.15, 0.2) is 24.3 Å². The lowest BCUT2D eigenvalue weighted by Gasteiger charge is -2.40. The molecule has 0 heterocycles. The Morgan fingerprint density at radius 1 is 1.33 bits per heavy atom. The van der Waals surface area contributed by atoms with Crippen LogP contribution in [0.1, 0.15) is 37.4 Å². The maximum absolute atomic E-state index is 12.1. The quantitative estimate of drug-likeness (QED) is 0.764. The highest BCUT2D eigenvalue weighted by Crippen LogP contribution is 2.46. The number of aryl methyl sites for hydroxylation is 1. The Balaban J connectivity index is 2.32. The van der Waals surface area contributed by atoms with Gasteiger partial charge in [0.2, 0.25) is 0 Å². The summed E-state index contributed by atoms with van der Waals surface area (Å²) in [7, 11) is -0.332. The maximum Gasteiger partial charge on any atom is 0.197 e. The first-order valence-electron chi connectivity index (χ1n) is 7.79. The van der Waals surface area contributed by atoms with Gasteiger partial charge in [-0.05, 0) is 36.9 Å². The molecule has 2 rings (SSSR count). The minimum Gasteiger partial charge on any atom is -0.323 e. The Morgan fingerprint density at radius 3 is 2.62 bits per heavy atom. The third-order valence-electron chi connectivity index (χ3n) is 3.94. The highest BCUT2D eigenvalue weighted by molar-refractivity contribution is 7.57. The van der Waals surface area contributed by atoms with E-state index in [9.17, 15) is 4.57 Å². The number of nitrogens with zero attached hydrogens (tertiary/aromatic N) is 1. The zero-order chi connectivity index (χ0) is 15.6. The molecule has 0 amide bonds. The highest BCUT2D eigenvalue weighted by Gasteiger charge is 2.35. The first kappa shape index (κ1) is 16.7. The standard InChI is InChI=1S/C17H28NO2P/c1-13(2)12-18(3)17-15-9-7-6-8-14(15)10-11-16(17)20-21(4,5)19/h6-9,13,16-17H,10-12H2,1-5H3/t16-,17-/m1/s1. The van der Waals surface area contributed by atoms with Gasteiger partial charge in [0.1, 0.15) is 0 Å². The molecule has 2 atom stereocenters. The predicted molar refractivity (Wildman–Crippen MR) is 89.3 cm³/mol. The molecule has 0 saturated carbocycles. The molecule has 0 radical (unpaired) electrons. The molecule has 1 aliphatic carbocycles. The summed E-state index contributed by atoms with van der Waals surface area (Å²) in [4.78, 5) is 2.36. The summed E-state index contributed by atoms with van der Waals surface area (Å²) in [6, 6.07) is 8.80. The zero-order valence-electron chi connectivity index (χ0n) is 13.9. The summed E-state index contributed by atoms with van der Waals surface area (Å²) < 4.78 is 18.1. The van der Waals surface area contributed by atoms with Crippen LogP contribution in [0.5, 0.6) is 0 Å². The van der Waals surface area contributed by atoms with E-state index in [1.165, 1.54) is 11.1 Å². The molecule has 21 heavy (non-hydrogen) atoms. The van der Waals surface area contributed by atoms with Crippen molar-refractivity contribution in [2.45, 2.75) is 38.8 Å². The summed E-state index contributed by atoms with van der Waals surface area (Å²) in [6.07, 6.45) is 1.97. The lowest BCUT2D eigenvalue weighted by atomic mass is 9.84. The van der Waals surface area contributed by atoms with Crippen LogP contribution in [0, 0.1) is 5.92 Å². The molecule has 0 N–H and O–H groups in total. The normalized spacial score (nSPS) is 22.6. The summed E-state index contributed by atoms with van der Waals surface area (Å²) in [5, 5.41) is 0. The molecule has 1 aliphatic rings. The fourth-order valence-corrected chi connectivity index (χ4v) is 4.23. The molecule has 0 fully saturated rings. The van der Waals surface area contributed by atoms with Crippen molar-refractivity contribution < 1.29 is 9.09 Å². The van der Waals surface area contributed by atoms with E-state index >= 15 is 0 Å². The Morgan fingerprint density at radius 2 is 2.00 bits per heavy atom. The summed E-state index contributed by atoms with van der Waals surface area (Å²) in [5.41, 5.74) is 2.74. The Kier molecular flexibility index (Phi) is 5.29. The largest absolute Gasteiger partial charge is 0.323 e. The third-order valence-corrected chi connectivity index (χ3v) is 4.72. The number of rotatable bonds is 5. The van der Waals surface area contributed by atoms with Crippen molar-refractivity contribution in [3.63, 3.8) is 0 Å². The van der Waals surface area contributed by atoms with Crippen LogP contribution in [-0.2, 0) is 15.5 Å². The van der Waals surface area contributed by atoms with Gasteiger partial charge in [0.15, 0.2) is 7.37 Å². The summed E-state index contributed by atoms with van der Waals surface area (Å²) in [6.45, 7) is 8.90. The second kappa shape index (κ2) is 6.64. The summed E-state index contributed by atoms with van der Waals surface area (Å²) in [5.74, 6) is 0.597. The lowest BCUT2D eigenvalue weighted by Crippen LogP contribution is -2.40. The van der Waals surface area contributed by atoms with E-state index in [4.69, 9.17) is 4.52 Å². The first-order chi connectivity index (χ1) is 9.78. The molecule has 0 unspecified atom stereocenters. The SMILES string of the molecule is CC(C)CN(C)[C@@H]1c2ccccc2CC[C@H]1OP(C)(C)=O. The number of benzene rings is 1. The van der Waals surface area contributed by atoms with E-state index in [2.05, 4.69) is 50.1 Å². The van der Waals surface area contributed by atoms with Gasteiger partial charge in [-0.25, -0.2) is 0 Å². The molecule has 1 aromatic rings. The molecule has 0 spiro atoms. The van der Waals surface area contributed by atoms with Crippen molar-refractivity contribution in [3.05, 3.63) is 35.4 Å². The van der Waals surface area contributed by atoms with Crippen LogP contribution in [0.3, 0.4) is 0 Å². The molecule has 0 saturated heterocycles.